The fourth-order valence-corrected chi connectivity index (χ4v) is 3.44. The Morgan fingerprint density at radius 1 is 0.878 bits per heavy atom. The molecule has 0 aliphatic carbocycles. The first kappa shape index (κ1) is 32.5. The molecule has 6 N–H and O–H groups in total. The zero-order valence-electron chi connectivity index (χ0n) is 23.7. The van der Waals surface area contributed by atoms with Crippen molar-refractivity contribution < 1.29 is 23.9 Å². The van der Waals surface area contributed by atoms with E-state index in [1.807, 2.05) is 18.2 Å². The first-order chi connectivity index (χ1) is 19.7. The fourth-order valence-electron chi connectivity index (χ4n) is 3.44. The van der Waals surface area contributed by atoms with Crippen LogP contribution in [0.4, 0.5) is 0 Å². The summed E-state index contributed by atoms with van der Waals surface area (Å²) in [4.78, 5) is 35.4. The van der Waals surface area contributed by atoms with Crippen LogP contribution >= 0.6 is 0 Å². The third kappa shape index (κ3) is 12.8. The average Bonchev–Trinajstić information content (AvgIpc) is 3.00. The fraction of sp³-hybridized carbons (Fsp3) is 0.290. The maximum absolute atomic E-state index is 12.2. The van der Waals surface area contributed by atoms with Crippen LogP contribution < -0.4 is 26.4 Å². The van der Waals surface area contributed by atoms with E-state index in [9.17, 15) is 14.4 Å². The highest BCUT2D eigenvalue weighted by atomic mass is 16.6. The summed E-state index contributed by atoms with van der Waals surface area (Å²) in [7, 11) is 1.29. The number of amides is 2. The smallest absolute Gasteiger partial charge is 0.343 e. The molecule has 41 heavy (non-hydrogen) atoms. The highest BCUT2D eigenvalue weighted by Crippen LogP contribution is 2.12. The number of methoxy groups -OCH3 is 1. The van der Waals surface area contributed by atoms with Crippen LogP contribution in [-0.2, 0) is 38.6 Å². The van der Waals surface area contributed by atoms with E-state index in [0.717, 1.165) is 17.5 Å². The molecule has 10 nitrogen and oxygen atoms in total. The van der Waals surface area contributed by atoms with Crippen molar-refractivity contribution in [1.29, 1.82) is 5.41 Å². The number of hydrogen-bond donors (Lipinski definition) is 5. The van der Waals surface area contributed by atoms with Crippen molar-refractivity contribution in [2.24, 2.45) is 5.73 Å². The molecule has 0 bridgehead atoms. The number of nitrogens with two attached hydrogens (primary N) is 1. The van der Waals surface area contributed by atoms with Gasteiger partial charge in [0.1, 0.15) is 17.6 Å². The second-order valence-corrected chi connectivity index (χ2v) is 9.07. The molecule has 1 atom stereocenters. The molecule has 218 valence electrons. The Morgan fingerprint density at radius 2 is 1.49 bits per heavy atom. The van der Waals surface area contributed by atoms with Crippen molar-refractivity contribution in [3.8, 4) is 5.75 Å². The Kier molecular flexibility index (Phi) is 14.1. The van der Waals surface area contributed by atoms with Gasteiger partial charge in [-0.05, 0) is 42.2 Å². The van der Waals surface area contributed by atoms with Crippen molar-refractivity contribution in [3.05, 3.63) is 101 Å². The van der Waals surface area contributed by atoms with E-state index in [-0.39, 0.29) is 30.8 Å². The van der Waals surface area contributed by atoms with E-state index in [0.29, 0.717) is 24.4 Å². The summed E-state index contributed by atoms with van der Waals surface area (Å²) in [5.41, 5.74) is 9.22. The first-order valence-corrected chi connectivity index (χ1v) is 13.2. The Bertz CT molecular complexity index is 1250. The number of carbonyl (C=O) groups is 3. The molecule has 0 aliphatic rings. The highest BCUT2D eigenvalue weighted by Gasteiger charge is 2.15. The lowest BCUT2D eigenvalue weighted by molar-refractivity contribution is -0.142. The zero-order valence-corrected chi connectivity index (χ0v) is 23.7. The van der Waals surface area contributed by atoms with Gasteiger partial charge in [-0.15, -0.1) is 0 Å². The Morgan fingerprint density at radius 3 is 2.05 bits per heavy atom. The number of rotatable bonds is 13. The van der Waals surface area contributed by atoms with Gasteiger partial charge in [-0.25, -0.2) is 4.79 Å². The average molecular weight is 562 g/mol. The number of benzene rings is 3. The van der Waals surface area contributed by atoms with Crippen molar-refractivity contribution in [2.45, 2.75) is 39.4 Å². The summed E-state index contributed by atoms with van der Waals surface area (Å²) in [5, 5.41) is 15.8. The van der Waals surface area contributed by atoms with Crippen molar-refractivity contribution in [1.82, 2.24) is 16.0 Å². The topological polar surface area (TPSA) is 156 Å². The molecule has 0 aliphatic heterocycles. The van der Waals surface area contributed by atoms with Gasteiger partial charge >= 0.3 is 5.97 Å². The van der Waals surface area contributed by atoms with E-state index in [4.69, 9.17) is 15.9 Å². The molecule has 0 radical (unpaired) electrons. The van der Waals surface area contributed by atoms with Crippen LogP contribution in [0.25, 0.3) is 0 Å². The summed E-state index contributed by atoms with van der Waals surface area (Å²) >= 11 is 0. The molecule has 3 aromatic rings. The highest BCUT2D eigenvalue weighted by molar-refractivity contribution is 5.94. The van der Waals surface area contributed by atoms with E-state index in [2.05, 4.69) is 51.9 Å². The maximum Gasteiger partial charge on any atom is 0.343 e. The van der Waals surface area contributed by atoms with Gasteiger partial charge in [0.15, 0.2) is 6.61 Å². The van der Waals surface area contributed by atoms with E-state index in [1.54, 1.807) is 43.3 Å². The lowest BCUT2D eigenvalue weighted by Crippen LogP contribution is -2.47. The molecular weight excluding hydrogens is 522 g/mol. The predicted octanol–water partition coefficient (Wildman–Crippen LogP) is 2.68. The molecule has 0 aromatic heterocycles. The number of amidine groups is 1. The normalized spacial score (nSPS) is 10.8. The summed E-state index contributed by atoms with van der Waals surface area (Å²) in [6, 6.07) is 23.8. The largest absolute Gasteiger partial charge is 0.482 e. The molecule has 0 saturated heterocycles. The van der Waals surface area contributed by atoms with Crippen molar-refractivity contribution in [2.75, 3.05) is 20.3 Å². The lowest BCUT2D eigenvalue weighted by atomic mass is 10.1. The molecule has 1 unspecified atom stereocenters. The minimum absolute atomic E-state index is 0.0165. The molecule has 0 spiro atoms. The quantitative estimate of drug-likeness (QED) is 0.122. The zero-order chi connectivity index (χ0) is 30.0. The van der Waals surface area contributed by atoms with E-state index in [1.165, 1.54) is 12.7 Å². The SMILES string of the molecule is CCc1ccccc1.COC(=O)COc1ccc(CNCC(=O)NC(C)C(=O)NCc2ccc(C(=N)N)cc2)cc1. The van der Waals surface area contributed by atoms with Gasteiger partial charge < -0.3 is 31.2 Å². The van der Waals surface area contributed by atoms with E-state index >= 15 is 0 Å². The minimum Gasteiger partial charge on any atom is -0.482 e. The Labute approximate surface area is 241 Å². The maximum atomic E-state index is 12.2. The number of carbonyl (C=O) groups excluding carboxylic acids is 3. The molecular formula is C31H39N5O5. The molecule has 0 heterocycles. The predicted molar refractivity (Wildman–Crippen MR) is 158 cm³/mol. The molecule has 3 aromatic carbocycles. The van der Waals surface area contributed by atoms with Gasteiger partial charge in [0.25, 0.3) is 0 Å². The molecule has 3 rings (SSSR count). The Balaban J connectivity index is 0.000000629. The summed E-state index contributed by atoms with van der Waals surface area (Å²) in [6.45, 7) is 4.40. The number of esters is 1. The number of aryl methyl sites for hydroxylation is 1. The van der Waals surface area contributed by atoms with Crippen molar-refractivity contribution >= 4 is 23.6 Å². The van der Waals surface area contributed by atoms with Gasteiger partial charge in [0.05, 0.1) is 13.7 Å². The van der Waals surface area contributed by atoms with Gasteiger partial charge in [-0.1, -0.05) is 73.7 Å². The lowest BCUT2D eigenvalue weighted by Gasteiger charge is -2.15. The van der Waals surface area contributed by atoms with Gasteiger partial charge in [-0.2, -0.15) is 0 Å². The number of nitrogens with one attached hydrogen (secondary N) is 4. The van der Waals surface area contributed by atoms with Crippen LogP contribution in [0.3, 0.4) is 0 Å². The summed E-state index contributed by atoms with van der Waals surface area (Å²) < 4.78 is 9.79. The monoisotopic (exact) mass is 561 g/mol. The van der Waals surface area contributed by atoms with Crippen LogP contribution in [0.1, 0.15) is 36.1 Å². The molecule has 10 heteroatoms. The van der Waals surface area contributed by atoms with Crippen LogP contribution in [0, 0.1) is 5.41 Å². The van der Waals surface area contributed by atoms with Crippen molar-refractivity contribution in [3.63, 3.8) is 0 Å². The van der Waals surface area contributed by atoms with Crippen LogP contribution in [-0.4, -0.2) is 49.9 Å². The van der Waals surface area contributed by atoms with Gasteiger partial charge in [0, 0.05) is 18.7 Å². The van der Waals surface area contributed by atoms with Gasteiger partial charge in [0.2, 0.25) is 11.8 Å². The molecule has 2 amide bonds. The number of ether oxygens (including phenoxy) is 2. The first-order valence-electron chi connectivity index (χ1n) is 13.2. The molecule has 0 saturated carbocycles. The Hall–Kier alpha value is -4.70. The van der Waals surface area contributed by atoms with Crippen LogP contribution in [0.15, 0.2) is 78.9 Å². The van der Waals surface area contributed by atoms with Gasteiger partial charge in [-0.3, -0.25) is 15.0 Å². The number of nitrogen functional groups attached to an aromatic ring is 1. The minimum atomic E-state index is -0.693. The third-order valence-electron chi connectivity index (χ3n) is 5.88. The second kappa shape index (κ2) is 17.8. The van der Waals surface area contributed by atoms with Crippen LogP contribution in [0.2, 0.25) is 0 Å². The third-order valence-corrected chi connectivity index (χ3v) is 5.88. The number of hydrogen-bond acceptors (Lipinski definition) is 7. The summed E-state index contributed by atoms with van der Waals surface area (Å²) in [5.74, 6) is -0.547. The summed E-state index contributed by atoms with van der Waals surface area (Å²) in [6.07, 6.45) is 1.14. The molecule has 0 fully saturated rings. The standard InChI is InChI=1S/C23H29N5O5.C8H10/c1-15(23(31)27-12-17-3-7-18(8-4-17)22(24)25)28-20(29)13-26-11-16-5-9-19(10-6-16)33-14-21(30)32-2;1-2-8-6-4-3-5-7-8/h3-10,15,26H,11-14H2,1-2H3,(H3,24,25)(H,27,31)(H,28,29);3-7H,2H2,1H3. The second-order valence-electron chi connectivity index (χ2n) is 9.07. The van der Waals surface area contributed by atoms with E-state index < -0.39 is 12.0 Å². The van der Waals surface area contributed by atoms with Crippen LogP contribution in [0.5, 0.6) is 5.75 Å².